The van der Waals surface area contributed by atoms with E-state index < -0.39 is 10.8 Å². The largest absolute Gasteiger partial charge is 0.457 e. The number of rotatable bonds is 3. The first-order valence-corrected chi connectivity index (χ1v) is 7.89. The van der Waals surface area contributed by atoms with Crippen molar-refractivity contribution in [3.63, 3.8) is 0 Å². The van der Waals surface area contributed by atoms with Crippen LogP contribution in [0.4, 0.5) is 0 Å². The predicted molar refractivity (Wildman–Crippen MR) is 81.4 cm³/mol. The van der Waals surface area contributed by atoms with Crippen molar-refractivity contribution in [1.82, 2.24) is 0 Å². The summed E-state index contributed by atoms with van der Waals surface area (Å²) in [6.07, 6.45) is 1.66. The van der Waals surface area contributed by atoms with Gasteiger partial charge in [-0.15, -0.1) is 0 Å². The Morgan fingerprint density at radius 3 is 2.11 bits per heavy atom. The fourth-order valence-electron chi connectivity index (χ4n) is 1.53. The molecule has 0 heterocycles. The van der Waals surface area contributed by atoms with E-state index >= 15 is 0 Å². The highest BCUT2D eigenvalue weighted by atomic mass is 32.2. The van der Waals surface area contributed by atoms with Crippen LogP contribution >= 0.6 is 0 Å². The molecule has 2 nitrogen and oxygen atoms in total. The van der Waals surface area contributed by atoms with Crippen LogP contribution in [0.25, 0.3) is 0 Å². The molecule has 0 aliphatic carbocycles. The summed E-state index contributed by atoms with van der Waals surface area (Å²) < 4.78 is 17.1. The first kappa shape index (κ1) is 15.4. The van der Waals surface area contributed by atoms with E-state index in [0.29, 0.717) is 5.75 Å². The Kier molecular flexibility index (Phi) is 6.30. The van der Waals surface area contributed by atoms with Crippen molar-refractivity contribution in [2.24, 2.45) is 0 Å². The lowest BCUT2D eigenvalue weighted by molar-refractivity contribution is 0.481. The van der Waals surface area contributed by atoms with Crippen LogP contribution in [-0.2, 0) is 10.8 Å². The van der Waals surface area contributed by atoms with Crippen molar-refractivity contribution in [2.45, 2.75) is 25.7 Å². The SMILES string of the molecule is CC.Cc1cccc(Oc2cccc(S(C)=O)c2)c1. The molecule has 102 valence electrons. The van der Waals surface area contributed by atoms with Gasteiger partial charge in [-0.2, -0.15) is 0 Å². The van der Waals surface area contributed by atoms with Crippen LogP contribution < -0.4 is 4.74 Å². The Labute approximate surface area is 117 Å². The molecule has 0 saturated heterocycles. The van der Waals surface area contributed by atoms with Crippen LogP contribution in [0.3, 0.4) is 0 Å². The molecule has 0 spiro atoms. The van der Waals surface area contributed by atoms with Crippen LogP contribution in [0, 0.1) is 6.92 Å². The quantitative estimate of drug-likeness (QED) is 0.822. The van der Waals surface area contributed by atoms with Crippen molar-refractivity contribution in [1.29, 1.82) is 0 Å². The van der Waals surface area contributed by atoms with Gasteiger partial charge in [0.1, 0.15) is 11.5 Å². The Hall–Kier alpha value is -1.61. The molecule has 2 aromatic carbocycles. The molecular weight excluding hydrogens is 256 g/mol. The maximum Gasteiger partial charge on any atom is 0.128 e. The second-order valence-electron chi connectivity index (χ2n) is 3.85. The summed E-state index contributed by atoms with van der Waals surface area (Å²) in [6.45, 7) is 6.02. The highest BCUT2D eigenvalue weighted by Crippen LogP contribution is 2.23. The highest BCUT2D eigenvalue weighted by Gasteiger charge is 2.01. The van der Waals surface area contributed by atoms with E-state index in [4.69, 9.17) is 4.74 Å². The van der Waals surface area contributed by atoms with Gasteiger partial charge in [-0.05, 0) is 42.8 Å². The van der Waals surface area contributed by atoms with Gasteiger partial charge in [0, 0.05) is 22.0 Å². The van der Waals surface area contributed by atoms with Crippen LogP contribution in [0.1, 0.15) is 19.4 Å². The van der Waals surface area contributed by atoms with Gasteiger partial charge in [-0.3, -0.25) is 4.21 Å². The lowest BCUT2D eigenvalue weighted by atomic mass is 10.2. The summed E-state index contributed by atoms with van der Waals surface area (Å²) in [4.78, 5) is 0.773. The average Bonchev–Trinajstić information content (AvgIpc) is 2.41. The fraction of sp³-hybridized carbons (Fsp3) is 0.250. The molecule has 0 amide bonds. The number of hydrogen-bond acceptors (Lipinski definition) is 2. The lowest BCUT2D eigenvalue weighted by Gasteiger charge is -2.07. The van der Waals surface area contributed by atoms with Crippen molar-refractivity contribution in [3.05, 3.63) is 54.1 Å². The summed E-state index contributed by atoms with van der Waals surface area (Å²) in [5, 5.41) is 0. The monoisotopic (exact) mass is 276 g/mol. The molecule has 0 fully saturated rings. The van der Waals surface area contributed by atoms with E-state index in [1.165, 1.54) is 0 Å². The second kappa shape index (κ2) is 7.74. The summed E-state index contributed by atoms with van der Waals surface area (Å²) in [5.74, 6) is 1.51. The Morgan fingerprint density at radius 1 is 0.947 bits per heavy atom. The van der Waals surface area contributed by atoms with Crippen LogP contribution in [-0.4, -0.2) is 10.5 Å². The van der Waals surface area contributed by atoms with Crippen molar-refractivity contribution < 1.29 is 8.95 Å². The first-order valence-electron chi connectivity index (χ1n) is 6.33. The zero-order valence-electron chi connectivity index (χ0n) is 11.8. The van der Waals surface area contributed by atoms with Gasteiger partial charge in [-0.1, -0.05) is 32.0 Å². The standard InChI is InChI=1S/C14H14O2S.C2H6/c1-11-5-3-6-12(9-11)16-13-7-4-8-14(10-13)17(2)15;1-2/h3-10H,1-2H3;1-2H3. The molecule has 3 heteroatoms. The third-order valence-corrected chi connectivity index (χ3v) is 3.28. The summed E-state index contributed by atoms with van der Waals surface area (Å²) in [5.41, 5.74) is 1.15. The molecule has 2 aromatic rings. The van der Waals surface area contributed by atoms with Gasteiger partial charge in [0.25, 0.3) is 0 Å². The molecule has 1 atom stereocenters. The van der Waals surface area contributed by atoms with E-state index in [-0.39, 0.29) is 0 Å². The number of aryl methyl sites for hydroxylation is 1. The van der Waals surface area contributed by atoms with Gasteiger partial charge < -0.3 is 4.74 Å². The molecule has 0 N–H and O–H groups in total. The topological polar surface area (TPSA) is 26.3 Å². The van der Waals surface area contributed by atoms with E-state index in [9.17, 15) is 4.21 Å². The van der Waals surface area contributed by atoms with E-state index in [1.807, 2.05) is 63.2 Å². The van der Waals surface area contributed by atoms with Gasteiger partial charge >= 0.3 is 0 Å². The Morgan fingerprint density at radius 2 is 1.53 bits per heavy atom. The fourth-order valence-corrected chi connectivity index (χ4v) is 2.08. The highest BCUT2D eigenvalue weighted by molar-refractivity contribution is 7.84. The Balaban J connectivity index is 0.000000861. The molecule has 0 aliphatic rings. The summed E-state index contributed by atoms with van der Waals surface area (Å²) in [7, 11) is -0.982. The van der Waals surface area contributed by atoms with Crippen molar-refractivity contribution >= 4 is 10.8 Å². The zero-order valence-corrected chi connectivity index (χ0v) is 12.7. The molecule has 19 heavy (non-hydrogen) atoms. The number of benzene rings is 2. The van der Waals surface area contributed by atoms with E-state index in [1.54, 1.807) is 12.3 Å². The van der Waals surface area contributed by atoms with Gasteiger partial charge in [0.05, 0.1) is 0 Å². The molecule has 0 aromatic heterocycles. The van der Waals surface area contributed by atoms with Gasteiger partial charge in [-0.25, -0.2) is 0 Å². The van der Waals surface area contributed by atoms with Gasteiger partial charge in [0.2, 0.25) is 0 Å². The minimum atomic E-state index is -0.982. The third kappa shape index (κ3) is 4.87. The third-order valence-electron chi connectivity index (χ3n) is 2.36. The maximum atomic E-state index is 11.4. The molecule has 0 radical (unpaired) electrons. The maximum absolute atomic E-state index is 11.4. The van der Waals surface area contributed by atoms with E-state index in [2.05, 4.69) is 0 Å². The zero-order chi connectivity index (χ0) is 14.3. The number of hydrogen-bond donors (Lipinski definition) is 0. The second-order valence-corrected chi connectivity index (χ2v) is 5.23. The minimum absolute atomic E-state index is 0.711. The Bertz CT molecular complexity index is 550. The normalized spacial score (nSPS) is 11.2. The predicted octanol–water partition coefficient (Wildman–Crippen LogP) is 4.55. The van der Waals surface area contributed by atoms with Crippen LogP contribution in [0.5, 0.6) is 11.5 Å². The van der Waals surface area contributed by atoms with Crippen LogP contribution in [0.2, 0.25) is 0 Å². The van der Waals surface area contributed by atoms with Crippen LogP contribution in [0.15, 0.2) is 53.4 Å². The molecule has 0 saturated carbocycles. The molecule has 0 aliphatic heterocycles. The summed E-state index contributed by atoms with van der Waals surface area (Å²) in [6, 6.07) is 15.2. The number of ether oxygens (including phenoxy) is 1. The van der Waals surface area contributed by atoms with E-state index in [0.717, 1.165) is 16.2 Å². The first-order chi connectivity index (χ1) is 9.15. The molecular formula is C16H20O2S. The van der Waals surface area contributed by atoms with Gasteiger partial charge in [0.15, 0.2) is 0 Å². The summed E-state index contributed by atoms with van der Waals surface area (Å²) >= 11 is 0. The molecule has 0 bridgehead atoms. The lowest BCUT2D eigenvalue weighted by Crippen LogP contribution is -1.89. The minimum Gasteiger partial charge on any atom is -0.457 e. The smallest absolute Gasteiger partial charge is 0.128 e. The van der Waals surface area contributed by atoms with Crippen molar-refractivity contribution in [3.8, 4) is 11.5 Å². The van der Waals surface area contributed by atoms with Crippen molar-refractivity contribution in [2.75, 3.05) is 6.26 Å². The molecule has 2 rings (SSSR count). The average molecular weight is 276 g/mol. The molecule has 1 unspecified atom stereocenters.